The van der Waals surface area contributed by atoms with Gasteiger partial charge >= 0.3 is 0 Å². The van der Waals surface area contributed by atoms with Gasteiger partial charge in [0.05, 0.1) is 0 Å². The summed E-state index contributed by atoms with van der Waals surface area (Å²) in [6.07, 6.45) is 0. The SMILES string of the molecule is Cc1ccccc1C(=O)c1ccc(F)c2ccccc12. The summed E-state index contributed by atoms with van der Waals surface area (Å²) in [5.41, 5.74) is 2.12. The van der Waals surface area contributed by atoms with Crippen LogP contribution in [0.5, 0.6) is 0 Å². The number of carbonyl (C=O) groups is 1. The molecule has 0 radical (unpaired) electrons. The molecule has 0 heterocycles. The molecular weight excluding hydrogens is 251 g/mol. The quantitative estimate of drug-likeness (QED) is 0.622. The van der Waals surface area contributed by atoms with Gasteiger partial charge in [0.15, 0.2) is 5.78 Å². The zero-order valence-corrected chi connectivity index (χ0v) is 11.1. The maximum absolute atomic E-state index is 13.8. The first-order valence-corrected chi connectivity index (χ1v) is 6.46. The summed E-state index contributed by atoms with van der Waals surface area (Å²) in [4.78, 5) is 12.7. The predicted molar refractivity (Wildman–Crippen MR) is 78.5 cm³/mol. The fraction of sp³-hybridized carbons (Fsp3) is 0.0556. The van der Waals surface area contributed by atoms with Gasteiger partial charge in [-0.1, -0.05) is 48.5 Å². The van der Waals surface area contributed by atoms with Crippen molar-refractivity contribution in [1.82, 2.24) is 0 Å². The Labute approximate surface area is 116 Å². The molecule has 0 spiro atoms. The van der Waals surface area contributed by atoms with Gasteiger partial charge in [-0.05, 0) is 30.0 Å². The molecule has 3 rings (SSSR count). The number of hydrogen-bond acceptors (Lipinski definition) is 1. The molecule has 0 saturated carbocycles. The molecule has 0 aromatic heterocycles. The highest BCUT2D eigenvalue weighted by Gasteiger charge is 2.15. The van der Waals surface area contributed by atoms with E-state index in [1.165, 1.54) is 6.07 Å². The minimum Gasteiger partial charge on any atom is -0.289 e. The van der Waals surface area contributed by atoms with Crippen LogP contribution in [0.15, 0.2) is 60.7 Å². The molecule has 0 N–H and O–H groups in total. The lowest BCUT2D eigenvalue weighted by Gasteiger charge is -2.08. The third-order valence-electron chi connectivity index (χ3n) is 3.51. The standard InChI is InChI=1S/C18H13FO/c1-12-6-2-3-7-13(12)18(20)16-10-11-17(19)15-9-5-4-8-14(15)16/h2-11H,1H3. The summed E-state index contributed by atoms with van der Waals surface area (Å²) in [7, 11) is 0. The maximum atomic E-state index is 13.8. The summed E-state index contributed by atoms with van der Waals surface area (Å²) in [6, 6.07) is 17.4. The van der Waals surface area contributed by atoms with Crippen LogP contribution in [0.2, 0.25) is 0 Å². The Morgan fingerprint density at radius 1 is 0.800 bits per heavy atom. The normalized spacial score (nSPS) is 10.7. The number of hydrogen-bond donors (Lipinski definition) is 0. The topological polar surface area (TPSA) is 17.1 Å². The van der Waals surface area contributed by atoms with E-state index in [2.05, 4.69) is 0 Å². The molecule has 2 heteroatoms. The van der Waals surface area contributed by atoms with E-state index in [1.54, 1.807) is 30.3 Å². The first-order chi connectivity index (χ1) is 9.68. The molecule has 0 amide bonds. The van der Waals surface area contributed by atoms with Crippen molar-refractivity contribution in [3.05, 3.63) is 83.2 Å². The first-order valence-electron chi connectivity index (χ1n) is 6.46. The lowest BCUT2D eigenvalue weighted by atomic mass is 9.95. The van der Waals surface area contributed by atoms with E-state index in [-0.39, 0.29) is 11.6 Å². The molecule has 0 atom stereocenters. The largest absolute Gasteiger partial charge is 0.289 e. The van der Waals surface area contributed by atoms with Crippen LogP contribution in [-0.2, 0) is 0 Å². The van der Waals surface area contributed by atoms with Crippen molar-refractivity contribution in [3.8, 4) is 0 Å². The molecule has 0 fully saturated rings. The van der Waals surface area contributed by atoms with Gasteiger partial charge in [-0.3, -0.25) is 4.79 Å². The van der Waals surface area contributed by atoms with Crippen molar-refractivity contribution >= 4 is 16.6 Å². The van der Waals surface area contributed by atoms with Crippen LogP contribution in [-0.4, -0.2) is 5.78 Å². The van der Waals surface area contributed by atoms with Crippen LogP contribution in [0.25, 0.3) is 10.8 Å². The summed E-state index contributed by atoms with van der Waals surface area (Å²) < 4.78 is 13.8. The Kier molecular flexibility index (Phi) is 3.07. The van der Waals surface area contributed by atoms with Gasteiger partial charge < -0.3 is 0 Å². The molecule has 0 bridgehead atoms. The minimum atomic E-state index is -0.304. The number of aryl methyl sites for hydroxylation is 1. The molecule has 0 unspecified atom stereocenters. The van der Waals surface area contributed by atoms with E-state index in [1.807, 2.05) is 31.2 Å². The fourth-order valence-electron chi connectivity index (χ4n) is 2.43. The van der Waals surface area contributed by atoms with Crippen LogP contribution in [0.1, 0.15) is 21.5 Å². The van der Waals surface area contributed by atoms with Gasteiger partial charge in [0, 0.05) is 16.5 Å². The van der Waals surface area contributed by atoms with Gasteiger partial charge in [-0.2, -0.15) is 0 Å². The number of benzene rings is 3. The molecule has 1 nitrogen and oxygen atoms in total. The molecule has 20 heavy (non-hydrogen) atoms. The third-order valence-corrected chi connectivity index (χ3v) is 3.51. The number of ketones is 1. The summed E-state index contributed by atoms with van der Waals surface area (Å²) in [5, 5.41) is 1.13. The fourth-order valence-corrected chi connectivity index (χ4v) is 2.43. The van der Waals surface area contributed by atoms with Gasteiger partial charge in [-0.15, -0.1) is 0 Å². The average molecular weight is 264 g/mol. The number of rotatable bonds is 2. The molecule has 3 aromatic carbocycles. The van der Waals surface area contributed by atoms with Crippen LogP contribution >= 0.6 is 0 Å². The molecule has 0 aliphatic heterocycles. The highest BCUT2D eigenvalue weighted by molar-refractivity contribution is 6.17. The second-order valence-corrected chi connectivity index (χ2v) is 4.78. The summed E-state index contributed by atoms with van der Waals surface area (Å²) >= 11 is 0. The highest BCUT2D eigenvalue weighted by Crippen LogP contribution is 2.24. The van der Waals surface area contributed by atoms with Gasteiger partial charge in [0.1, 0.15) is 5.82 Å². The van der Waals surface area contributed by atoms with Crippen LogP contribution < -0.4 is 0 Å². The third kappa shape index (κ3) is 1.99. The number of fused-ring (bicyclic) bond motifs is 1. The second-order valence-electron chi connectivity index (χ2n) is 4.78. The Balaban J connectivity index is 2.23. The van der Waals surface area contributed by atoms with Crippen molar-refractivity contribution in [2.75, 3.05) is 0 Å². The van der Waals surface area contributed by atoms with E-state index in [4.69, 9.17) is 0 Å². The van der Waals surface area contributed by atoms with Crippen molar-refractivity contribution in [2.24, 2.45) is 0 Å². The summed E-state index contributed by atoms with van der Waals surface area (Å²) in [6.45, 7) is 1.90. The van der Waals surface area contributed by atoms with Crippen molar-refractivity contribution < 1.29 is 9.18 Å². The Morgan fingerprint density at radius 3 is 2.20 bits per heavy atom. The molecule has 98 valence electrons. The zero-order valence-electron chi connectivity index (χ0n) is 11.1. The lowest BCUT2D eigenvalue weighted by Crippen LogP contribution is -2.04. The minimum absolute atomic E-state index is 0.0701. The van der Waals surface area contributed by atoms with Crippen molar-refractivity contribution in [1.29, 1.82) is 0 Å². The Bertz CT molecular complexity index is 805. The smallest absolute Gasteiger partial charge is 0.193 e. The molecule has 0 aliphatic carbocycles. The highest BCUT2D eigenvalue weighted by atomic mass is 19.1. The monoisotopic (exact) mass is 264 g/mol. The second kappa shape index (κ2) is 4.89. The van der Waals surface area contributed by atoms with E-state index in [9.17, 15) is 9.18 Å². The van der Waals surface area contributed by atoms with Crippen LogP contribution in [0, 0.1) is 12.7 Å². The van der Waals surface area contributed by atoms with Gasteiger partial charge in [0.2, 0.25) is 0 Å². The number of halogens is 1. The van der Waals surface area contributed by atoms with Crippen molar-refractivity contribution in [2.45, 2.75) is 6.92 Å². The van der Waals surface area contributed by atoms with E-state index < -0.39 is 0 Å². The van der Waals surface area contributed by atoms with Gasteiger partial charge in [-0.25, -0.2) is 4.39 Å². The van der Waals surface area contributed by atoms with Crippen LogP contribution in [0.3, 0.4) is 0 Å². The van der Waals surface area contributed by atoms with E-state index in [0.717, 1.165) is 5.56 Å². The Hall–Kier alpha value is -2.48. The summed E-state index contributed by atoms with van der Waals surface area (Å²) in [5.74, 6) is -0.374. The first kappa shape index (κ1) is 12.5. The lowest BCUT2D eigenvalue weighted by molar-refractivity contribution is 0.103. The predicted octanol–water partition coefficient (Wildman–Crippen LogP) is 4.52. The molecule has 3 aromatic rings. The average Bonchev–Trinajstić information content (AvgIpc) is 2.48. The molecular formula is C18H13FO. The molecule has 0 aliphatic rings. The van der Waals surface area contributed by atoms with Gasteiger partial charge in [0.25, 0.3) is 0 Å². The zero-order chi connectivity index (χ0) is 14.1. The van der Waals surface area contributed by atoms with Crippen LogP contribution in [0.4, 0.5) is 4.39 Å². The number of carbonyl (C=O) groups excluding carboxylic acids is 1. The van der Waals surface area contributed by atoms with E-state index in [0.29, 0.717) is 21.9 Å². The van der Waals surface area contributed by atoms with Crippen molar-refractivity contribution in [3.63, 3.8) is 0 Å². The Morgan fingerprint density at radius 2 is 1.45 bits per heavy atom. The molecule has 0 saturated heterocycles. The van der Waals surface area contributed by atoms with E-state index >= 15 is 0 Å². The maximum Gasteiger partial charge on any atom is 0.193 e.